The predicted molar refractivity (Wildman–Crippen MR) is 107 cm³/mol. The molecule has 0 radical (unpaired) electrons. The van der Waals surface area contributed by atoms with Gasteiger partial charge in [0.1, 0.15) is 0 Å². The van der Waals surface area contributed by atoms with E-state index >= 15 is 0 Å². The number of nitrogens with one attached hydrogen (secondary N) is 1. The summed E-state index contributed by atoms with van der Waals surface area (Å²) >= 11 is 0. The molecule has 2 atom stereocenters. The highest BCUT2D eigenvalue weighted by Gasteiger charge is 2.53. The predicted octanol–water partition coefficient (Wildman–Crippen LogP) is 1.91. The van der Waals surface area contributed by atoms with E-state index in [1.807, 2.05) is 4.90 Å². The molecule has 4 rings (SSSR count). The van der Waals surface area contributed by atoms with E-state index in [-0.39, 0.29) is 23.5 Å². The van der Waals surface area contributed by atoms with Crippen LogP contribution in [-0.2, 0) is 10.2 Å². The number of hydrogen-bond acceptors (Lipinski definition) is 4. The van der Waals surface area contributed by atoms with Gasteiger partial charge < -0.3 is 15.3 Å². The van der Waals surface area contributed by atoms with Crippen molar-refractivity contribution in [1.29, 1.82) is 0 Å². The standard InChI is InChI=1S/C22H33N3O2/c1-16(2)15-19(26)24-11-13-25(14-12-24)20-17-5-3-4-6-18(17)22(21(20)27)7-9-23-10-8-22/h3-6,16,20-21,23,27H,7-15H2,1-2H3/t20-,21+/m1/s1. The fourth-order valence-corrected chi connectivity index (χ4v) is 5.40. The molecule has 3 aliphatic rings. The highest BCUT2D eigenvalue weighted by molar-refractivity contribution is 5.76. The van der Waals surface area contributed by atoms with Crippen molar-refractivity contribution in [1.82, 2.24) is 15.1 Å². The lowest BCUT2D eigenvalue weighted by atomic mass is 9.72. The van der Waals surface area contributed by atoms with E-state index in [2.05, 4.69) is 48.3 Å². The molecule has 5 nitrogen and oxygen atoms in total. The van der Waals surface area contributed by atoms with Crippen molar-refractivity contribution < 1.29 is 9.90 Å². The Hall–Kier alpha value is -1.43. The zero-order chi connectivity index (χ0) is 19.0. The van der Waals surface area contributed by atoms with Gasteiger partial charge >= 0.3 is 0 Å². The van der Waals surface area contributed by atoms with Crippen LogP contribution >= 0.6 is 0 Å². The Morgan fingerprint density at radius 1 is 1.19 bits per heavy atom. The molecule has 2 saturated heterocycles. The van der Waals surface area contributed by atoms with Crippen LogP contribution < -0.4 is 5.32 Å². The second-order valence-electron chi connectivity index (χ2n) is 8.90. The molecule has 1 amide bonds. The maximum absolute atomic E-state index is 12.4. The second-order valence-corrected chi connectivity index (χ2v) is 8.90. The van der Waals surface area contributed by atoms with E-state index in [9.17, 15) is 9.90 Å². The van der Waals surface area contributed by atoms with Crippen LogP contribution in [0.5, 0.6) is 0 Å². The summed E-state index contributed by atoms with van der Waals surface area (Å²) in [5, 5.41) is 14.9. The third-order valence-corrected chi connectivity index (χ3v) is 6.82. The van der Waals surface area contributed by atoms with Gasteiger partial charge in [0.05, 0.1) is 12.1 Å². The van der Waals surface area contributed by atoms with Crippen molar-refractivity contribution in [2.45, 2.75) is 50.7 Å². The number of amides is 1. The number of benzene rings is 1. The van der Waals surface area contributed by atoms with Gasteiger partial charge in [0.15, 0.2) is 0 Å². The van der Waals surface area contributed by atoms with Crippen LogP contribution in [0.25, 0.3) is 0 Å². The van der Waals surface area contributed by atoms with Crippen LogP contribution in [0.4, 0.5) is 0 Å². The first-order valence-electron chi connectivity index (χ1n) is 10.5. The smallest absolute Gasteiger partial charge is 0.222 e. The first kappa shape index (κ1) is 18.9. The molecule has 0 aromatic heterocycles. The number of carbonyl (C=O) groups excluding carboxylic acids is 1. The van der Waals surface area contributed by atoms with Crippen molar-refractivity contribution in [3.63, 3.8) is 0 Å². The zero-order valence-electron chi connectivity index (χ0n) is 16.7. The summed E-state index contributed by atoms with van der Waals surface area (Å²) in [6.07, 6.45) is 2.25. The highest BCUT2D eigenvalue weighted by atomic mass is 16.3. The summed E-state index contributed by atoms with van der Waals surface area (Å²) < 4.78 is 0. The van der Waals surface area contributed by atoms with Gasteiger partial charge in [-0.3, -0.25) is 9.69 Å². The molecule has 0 bridgehead atoms. The van der Waals surface area contributed by atoms with E-state index in [4.69, 9.17) is 0 Å². The number of carbonyl (C=O) groups is 1. The van der Waals surface area contributed by atoms with E-state index < -0.39 is 0 Å². The number of piperazine rings is 1. The third kappa shape index (κ3) is 3.30. The molecule has 2 aliphatic heterocycles. The minimum atomic E-state index is -0.366. The summed E-state index contributed by atoms with van der Waals surface area (Å²) in [4.78, 5) is 16.8. The lowest BCUT2D eigenvalue weighted by molar-refractivity contribution is -0.134. The van der Waals surface area contributed by atoms with Crippen molar-refractivity contribution in [2.75, 3.05) is 39.3 Å². The summed E-state index contributed by atoms with van der Waals surface area (Å²) in [7, 11) is 0. The maximum Gasteiger partial charge on any atom is 0.222 e. The number of aliphatic hydroxyl groups is 1. The van der Waals surface area contributed by atoms with Crippen molar-refractivity contribution in [2.24, 2.45) is 5.92 Å². The molecule has 1 aromatic carbocycles. The largest absolute Gasteiger partial charge is 0.390 e. The van der Waals surface area contributed by atoms with E-state index in [1.165, 1.54) is 11.1 Å². The summed E-state index contributed by atoms with van der Waals surface area (Å²) in [6.45, 7) is 9.35. The van der Waals surface area contributed by atoms with Gasteiger partial charge in [-0.05, 0) is 43.0 Å². The van der Waals surface area contributed by atoms with Crippen LogP contribution in [0.15, 0.2) is 24.3 Å². The fourth-order valence-electron chi connectivity index (χ4n) is 5.40. The molecule has 2 N–H and O–H groups in total. The molecule has 27 heavy (non-hydrogen) atoms. The summed E-state index contributed by atoms with van der Waals surface area (Å²) in [5.41, 5.74) is 2.54. The zero-order valence-corrected chi connectivity index (χ0v) is 16.7. The number of aliphatic hydroxyl groups excluding tert-OH is 1. The Morgan fingerprint density at radius 3 is 2.52 bits per heavy atom. The minimum absolute atomic E-state index is 0.0571. The fraction of sp³-hybridized carbons (Fsp3) is 0.682. The van der Waals surface area contributed by atoms with Gasteiger partial charge in [-0.2, -0.15) is 0 Å². The van der Waals surface area contributed by atoms with Crippen LogP contribution in [-0.4, -0.2) is 66.2 Å². The topological polar surface area (TPSA) is 55.8 Å². The van der Waals surface area contributed by atoms with Crippen molar-refractivity contribution in [3.8, 4) is 0 Å². The number of fused-ring (bicyclic) bond motifs is 2. The molecule has 5 heteroatoms. The van der Waals surface area contributed by atoms with Crippen molar-refractivity contribution in [3.05, 3.63) is 35.4 Å². The van der Waals surface area contributed by atoms with Gasteiger partial charge in [0.25, 0.3) is 0 Å². The van der Waals surface area contributed by atoms with Gasteiger partial charge in [-0.15, -0.1) is 0 Å². The molecule has 2 fully saturated rings. The number of rotatable bonds is 3. The van der Waals surface area contributed by atoms with Gasteiger partial charge in [0, 0.05) is 38.0 Å². The Bertz CT molecular complexity index is 676. The normalized spacial score (nSPS) is 27.9. The quantitative estimate of drug-likeness (QED) is 0.852. The van der Waals surface area contributed by atoms with Gasteiger partial charge in [0.2, 0.25) is 5.91 Å². The van der Waals surface area contributed by atoms with Crippen molar-refractivity contribution >= 4 is 5.91 Å². The first-order chi connectivity index (χ1) is 13.0. The van der Waals surface area contributed by atoms with E-state index in [0.717, 1.165) is 52.1 Å². The van der Waals surface area contributed by atoms with Gasteiger partial charge in [-0.1, -0.05) is 38.1 Å². The number of piperidine rings is 1. The highest BCUT2D eigenvalue weighted by Crippen LogP contribution is 2.52. The molecule has 0 saturated carbocycles. The van der Waals surface area contributed by atoms with Gasteiger partial charge in [-0.25, -0.2) is 0 Å². The lowest BCUT2D eigenvalue weighted by Crippen LogP contribution is -2.53. The second kappa shape index (κ2) is 7.53. The Kier molecular flexibility index (Phi) is 5.28. The van der Waals surface area contributed by atoms with Crippen LogP contribution in [0, 0.1) is 5.92 Å². The average Bonchev–Trinajstić information content (AvgIpc) is 2.91. The number of nitrogens with zero attached hydrogens (tertiary/aromatic N) is 2. The molecule has 148 valence electrons. The van der Waals surface area contributed by atoms with Crippen LogP contribution in [0.1, 0.15) is 50.3 Å². The average molecular weight is 372 g/mol. The molecule has 2 heterocycles. The molecule has 1 spiro atoms. The Labute approximate surface area is 162 Å². The van der Waals surface area contributed by atoms with Crippen LogP contribution in [0.3, 0.4) is 0 Å². The summed E-state index contributed by atoms with van der Waals surface area (Å²) in [6, 6.07) is 8.70. The van der Waals surface area contributed by atoms with Crippen LogP contribution in [0.2, 0.25) is 0 Å². The van der Waals surface area contributed by atoms with E-state index in [1.54, 1.807) is 0 Å². The first-order valence-corrected chi connectivity index (χ1v) is 10.5. The Balaban J connectivity index is 1.52. The molecular weight excluding hydrogens is 338 g/mol. The monoisotopic (exact) mass is 371 g/mol. The minimum Gasteiger partial charge on any atom is -0.390 e. The van der Waals surface area contributed by atoms with E-state index in [0.29, 0.717) is 12.3 Å². The molecule has 1 aromatic rings. The molecular formula is C22H33N3O2. The summed E-state index contributed by atoms with van der Waals surface area (Å²) in [5.74, 6) is 0.672. The SMILES string of the molecule is CC(C)CC(=O)N1CCN([C@@H]2c3ccccc3C3(CCNCC3)[C@H]2O)CC1. The Morgan fingerprint density at radius 2 is 1.85 bits per heavy atom. The molecule has 1 aliphatic carbocycles. The third-order valence-electron chi connectivity index (χ3n) is 6.82. The maximum atomic E-state index is 12.4. The lowest BCUT2D eigenvalue weighted by Gasteiger charge is -2.43. The molecule has 0 unspecified atom stereocenters. The number of hydrogen-bond donors (Lipinski definition) is 2.